The Labute approximate surface area is 351 Å². The summed E-state index contributed by atoms with van der Waals surface area (Å²) in [5.74, 6) is -0.830. The van der Waals surface area contributed by atoms with Crippen molar-refractivity contribution in [3.8, 4) is 0 Å². The molecule has 2 unspecified atom stereocenters. The maximum Gasteiger partial charge on any atom is 0.306 e. The minimum absolute atomic E-state index is 0.0297. The van der Waals surface area contributed by atoms with E-state index in [-0.39, 0.29) is 32.0 Å². The average molecular weight is 828 g/mol. The quantitative estimate of drug-likeness (QED) is 0.0196. The molecule has 0 spiro atoms. The molecule has 0 aromatic carbocycles. The van der Waals surface area contributed by atoms with Gasteiger partial charge in [-0.3, -0.25) is 14.2 Å². The van der Waals surface area contributed by atoms with Crippen LogP contribution in [-0.2, 0) is 32.7 Å². The first-order valence-corrected chi connectivity index (χ1v) is 25.0. The second kappa shape index (κ2) is 39.9. The standard InChI is InChI=1S/C47H90NO8P/c1-6-8-10-12-14-16-18-20-22-23-24-25-26-28-30-32-34-36-38-40-47(50)56-45(44-55-57(51,52)54-42-41-48(3,4)5)43-53-46(49)39-37-35-33-31-29-27-21-19-17-15-13-11-9-7-2/h14,16,20,22,45H,6-13,15,17-19,21,23-44H2,1-5H3/b16-14-,22-20-. The summed E-state index contributed by atoms with van der Waals surface area (Å²) in [5, 5.41) is 0. The smallest absolute Gasteiger partial charge is 0.306 e. The molecule has 57 heavy (non-hydrogen) atoms. The number of unbranched alkanes of at least 4 members (excludes halogenated alkanes) is 25. The van der Waals surface area contributed by atoms with Crippen molar-refractivity contribution in [1.29, 1.82) is 0 Å². The van der Waals surface area contributed by atoms with Crippen LogP contribution in [-0.4, -0.2) is 70.0 Å². The van der Waals surface area contributed by atoms with Crippen LogP contribution in [0.3, 0.4) is 0 Å². The summed E-state index contributed by atoms with van der Waals surface area (Å²) in [6, 6.07) is 0. The van der Waals surface area contributed by atoms with Crippen LogP contribution < -0.4 is 4.89 Å². The summed E-state index contributed by atoms with van der Waals surface area (Å²) in [6.07, 6.45) is 43.4. The van der Waals surface area contributed by atoms with Crippen LogP contribution in [0.1, 0.15) is 213 Å². The third kappa shape index (κ3) is 43.9. The minimum Gasteiger partial charge on any atom is -0.756 e. The molecule has 0 aliphatic heterocycles. The number of quaternary nitrogens is 1. The Hall–Kier alpha value is -1.51. The van der Waals surface area contributed by atoms with Gasteiger partial charge in [-0.25, -0.2) is 0 Å². The van der Waals surface area contributed by atoms with Crippen LogP contribution in [0, 0.1) is 0 Å². The van der Waals surface area contributed by atoms with Gasteiger partial charge in [0, 0.05) is 12.8 Å². The summed E-state index contributed by atoms with van der Waals surface area (Å²) in [7, 11) is 1.17. The summed E-state index contributed by atoms with van der Waals surface area (Å²) in [5.41, 5.74) is 0. The monoisotopic (exact) mass is 828 g/mol. The van der Waals surface area contributed by atoms with E-state index >= 15 is 0 Å². The molecular formula is C47H90NO8P. The Morgan fingerprint density at radius 1 is 0.544 bits per heavy atom. The molecular weight excluding hydrogens is 737 g/mol. The van der Waals surface area contributed by atoms with Gasteiger partial charge in [0.1, 0.15) is 19.8 Å². The Balaban J connectivity index is 4.29. The van der Waals surface area contributed by atoms with Gasteiger partial charge in [-0.05, 0) is 44.9 Å². The fraction of sp³-hybridized carbons (Fsp3) is 0.872. The minimum atomic E-state index is -4.62. The van der Waals surface area contributed by atoms with Crippen LogP contribution in [0.5, 0.6) is 0 Å². The van der Waals surface area contributed by atoms with Gasteiger partial charge in [0.2, 0.25) is 0 Å². The van der Waals surface area contributed by atoms with Gasteiger partial charge in [0.15, 0.2) is 6.10 Å². The Morgan fingerprint density at radius 2 is 0.947 bits per heavy atom. The number of esters is 2. The third-order valence-electron chi connectivity index (χ3n) is 10.2. The second-order valence-electron chi connectivity index (χ2n) is 17.1. The molecule has 0 aliphatic carbocycles. The first-order chi connectivity index (χ1) is 27.5. The van der Waals surface area contributed by atoms with Gasteiger partial charge < -0.3 is 27.9 Å². The number of carbonyl (C=O) groups excluding carboxylic acids is 2. The van der Waals surface area contributed by atoms with Crippen molar-refractivity contribution < 1.29 is 42.1 Å². The van der Waals surface area contributed by atoms with Gasteiger partial charge in [0.25, 0.3) is 7.82 Å². The van der Waals surface area contributed by atoms with Crippen LogP contribution in [0.15, 0.2) is 24.3 Å². The number of ether oxygens (including phenoxy) is 2. The van der Waals surface area contributed by atoms with E-state index in [0.29, 0.717) is 17.4 Å². The van der Waals surface area contributed by atoms with Gasteiger partial charge >= 0.3 is 11.9 Å². The molecule has 0 saturated carbocycles. The Morgan fingerprint density at radius 3 is 1.42 bits per heavy atom. The maximum absolute atomic E-state index is 12.7. The highest BCUT2D eigenvalue weighted by Crippen LogP contribution is 2.38. The number of carbonyl (C=O) groups is 2. The van der Waals surface area contributed by atoms with Gasteiger partial charge in [0.05, 0.1) is 27.7 Å². The van der Waals surface area contributed by atoms with Gasteiger partial charge in [-0.1, -0.05) is 179 Å². The molecule has 0 aromatic rings. The number of phosphoric ester groups is 1. The average Bonchev–Trinajstić information content (AvgIpc) is 3.16. The summed E-state index contributed by atoms with van der Waals surface area (Å²) < 4.78 is 34.0. The van der Waals surface area contributed by atoms with E-state index in [2.05, 4.69) is 38.2 Å². The predicted molar refractivity (Wildman–Crippen MR) is 236 cm³/mol. The number of allylic oxidation sites excluding steroid dienone is 4. The molecule has 2 atom stereocenters. The summed E-state index contributed by atoms with van der Waals surface area (Å²) in [6.45, 7) is 4.22. The van der Waals surface area contributed by atoms with Crippen molar-refractivity contribution in [2.24, 2.45) is 0 Å². The lowest BCUT2D eigenvalue weighted by Crippen LogP contribution is -2.37. The number of hydrogen-bond acceptors (Lipinski definition) is 8. The summed E-state index contributed by atoms with van der Waals surface area (Å²) >= 11 is 0. The molecule has 10 heteroatoms. The first kappa shape index (κ1) is 55.5. The molecule has 0 fully saturated rings. The molecule has 0 amide bonds. The molecule has 0 aliphatic rings. The lowest BCUT2D eigenvalue weighted by atomic mass is 10.0. The SMILES string of the molecule is CCCCC/C=C\C/C=C\CCCCCCCCCCCC(=O)OC(COC(=O)CCCCCCCCCCCCCCCC)COP(=O)([O-])OCC[N+](C)(C)C. The molecule has 0 N–H and O–H groups in total. The fourth-order valence-corrected chi connectivity index (χ4v) is 7.24. The predicted octanol–water partition coefficient (Wildman–Crippen LogP) is 12.9. The topological polar surface area (TPSA) is 111 Å². The molecule has 0 bridgehead atoms. The Bertz CT molecular complexity index is 1030. The number of rotatable bonds is 43. The van der Waals surface area contributed by atoms with Gasteiger partial charge in [-0.2, -0.15) is 0 Å². The van der Waals surface area contributed by atoms with Crippen LogP contribution in [0.4, 0.5) is 0 Å². The highest BCUT2D eigenvalue weighted by molar-refractivity contribution is 7.45. The number of nitrogens with zero attached hydrogens (tertiary/aromatic N) is 1. The van der Waals surface area contributed by atoms with Crippen molar-refractivity contribution in [1.82, 2.24) is 0 Å². The number of phosphoric acid groups is 1. The Kier molecular flexibility index (Phi) is 38.9. The molecule has 0 aromatic heterocycles. The van der Waals surface area contributed by atoms with Gasteiger partial charge in [-0.15, -0.1) is 0 Å². The zero-order valence-electron chi connectivity index (χ0n) is 37.8. The van der Waals surface area contributed by atoms with E-state index in [0.717, 1.165) is 51.4 Å². The number of hydrogen-bond donors (Lipinski definition) is 0. The van der Waals surface area contributed by atoms with Crippen molar-refractivity contribution in [2.75, 3.05) is 47.5 Å². The highest BCUT2D eigenvalue weighted by Gasteiger charge is 2.21. The normalized spacial score (nSPS) is 13.7. The van der Waals surface area contributed by atoms with Crippen LogP contribution in [0.25, 0.3) is 0 Å². The first-order valence-electron chi connectivity index (χ1n) is 23.5. The van der Waals surface area contributed by atoms with Crippen molar-refractivity contribution in [2.45, 2.75) is 219 Å². The summed E-state index contributed by atoms with van der Waals surface area (Å²) in [4.78, 5) is 37.6. The van der Waals surface area contributed by atoms with Crippen molar-refractivity contribution in [3.63, 3.8) is 0 Å². The molecule has 0 rings (SSSR count). The number of likely N-dealkylation sites (N-methyl/N-ethyl adjacent to an activating group) is 1. The van der Waals surface area contributed by atoms with E-state index in [9.17, 15) is 19.0 Å². The van der Waals surface area contributed by atoms with E-state index < -0.39 is 26.5 Å². The second-order valence-corrected chi connectivity index (χ2v) is 18.5. The maximum atomic E-state index is 12.7. The lowest BCUT2D eigenvalue weighted by molar-refractivity contribution is -0.870. The molecule has 0 heterocycles. The molecule has 336 valence electrons. The lowest BCUT2D eigenvalue weighted by Gasteiger charge is -2.28. The highest BCUT2D eigenvalue weighted by atomic mass is 31.2. The fourth-order valence-electron chi connectivity index (χ4n) is 6.51. The van der Waals surface area contributed by atoms with E-state index in [1.54, 1.807) is 0 Å². The molecule has 9 nitrogen and oxygen atoms in total. The van der Waals surface area contributed by atoms with Crippen LogP contribution in [0.2, 0.25) is 0 Å². The zero-order valence-corrected chi connectivity index (χ0v) is 38.7. The largest absolute Gasteiger partial charge is 0.756 e. The molecule has 0 saturated heterocycles. The van der Waals surface area contributed by atoms with E-state index in [4.69, 9.17) is 18.5 Å². The third-order valence-corrected chi connectivity index (χ3v) is 11.2. The van der Waals surface area contributed by atoms with E-state index in [1.807, 2.05) is 21.1 Å². The van der Waals surface area contributed by atoms with Crippen molar-refractivity contribution in [3.05, 3.63) is 24.3 Å². The van der Waals surface area contributed by atoms with E-state index in [1.165, 1.54) is 128 Å². The molecule has 0 radical (unpaired) electrons. The van der Waals surface area contributed by atoms with Crippen molar-refractivity contribution >= 4 is 19.8 Å². The van der Waals surface area contributed by atoms with Crippen LogP contribution >= 0.6 is 7.82 Å². The zero-order chi connectivity index (χ0) is 42.1.